The molecule has 2 rings (SSSR count). The van der Waals surface area contributed by atoms with Gasteiger partial charge in [0.25, 0.3) is 0 Å². The Hall–Kier alpha value is -0.885. The molecule has 1 aliphatic heterocycles. The molecule has 0 aromatic heterocycles. The second-order valence-electron chi connectivity index (χ2n) is 10.4. The van der Waals surface area contributed by atoms with Crippen LogP contribution in [0.3, 0.4) is 0 Å². The van der Waals surface area contributed by atoms with Gasteiger partial charge in [0.05, 0.1) is 16.1 Å². The van der Waals surface area contributed by atoms with Gasteiger partial charge < -0.3 is 9.31 Å². The van der Waals surface area contributed by atoms with Crippen molar-refractivity contribution < 1.29 is 17.7 Å². The highest BCUT2D eigenvalue weighted by atomic mass is 32.2. The third-order valence-corrected chi connectivity index (χ3v) is 6.88. The number of nitrogens with one attached hydrogen (secondary N) is 1. The number of rotatable bonds is 3. The van der Waals surface area contributed by atoms with Crippen LogP contribution in [0.15, 0.2) is 23.1 Å². The van der Waals surface area contributed by atoms with Crippen molar-refractivity contribution in [2.24, 2.45) is 0 Å². The fraction of sp³-hybridized carbons (Fsp3) is 0.700. The monoisotopic (exact) mass is 395 g/mol. The van der Waals surface area contributed by atoms with Crippen LogP contribution in [-0.4, -0.2) is 32.3 Å². The molecule has 0 atom stereocenters. The van der Waals surface area contributed by atoms with Crippen molar-refractivity contribution in [3.8, 4) is 0 Å². The molecule has 1 saturated heterocycles. The van der Waals surface area contributed by atoms with Crippen LogP contribution in [0.1, 0.15) is 74.8 Å². The highest BCUT2D eigenvalue weighted by molar-refractivity contribution is 7.89. The third-order valence-electron chi connectivity index (χ3n) is 5.07. The molecule has 1 fully saturated rings. The van der Waals surface area contributed by atoms with Gasteiger partial charge >= 0.3 is 7.12 Å². The Morgan fingerprint density at radius 1 is 0.926 bits per heavy atom. The molecule has 0 radical (unpaired) electrons. The maximum Gasteiger partial charge on any atom is 0.494 e. The smallest absolute Gasteiger partial charge is 0.399 e. The van der Waals surface area contributed by atoms with Crippen molar-refractivity contribution in [3.05, 3.63) is 23.8 Å². The minimum absolute atomic E-state index is 0.296. The molecule has 0 spiro atoms. The fourth-order valence-electron chi connectivity index (χ4n) is 2.95. The van der Waals surface area contributed by atoms with Crippen LogP contribution in [-0.2, 0) is 24.7 Å². The molecule has 0 saturated carbocycles. The van der Waals surface area contributed by atoms with Gasteiger partial charge in [-0.05, 0) is 71.0 Å². The van der Waals surface area contributed by atoms with Crippen LogP contribution >= 0.6 is 0 Å². The van der Waals surface area contributed by atoms with E-state index < -0.39 is 33.9 Å². The standard InChI is InChI=1S/C20H34BNO4S/c1-17(2,3)15-13-14(21-25-19(7,8)20(9,10)26-21)11-12-16(15)27(23,24)22-18(4,5)6/h11-13,22H,1-10H3. The molecule has 0 aliphatic carbocycles. The van der Waals surface area contributed by atoms with E-state index in [9.17, 15) is 8.42 Å². The molecule has 152 valence electrons. The zero-order valence-electron chi connectivity index (χ0n) is 18.4. The van der Waals surface area contributed by atoms with E-state index in [1.165, 1.54) is 0 Å². The van der Waals surface area contributed by atoms with Crippen molar-refractivity contribution in [3.63, 3.8) is 0 Å². The summed E-state index contributed by atoms with van der Waals surface area (Å²) >= 11 is 0. The molecular weight excluding hydrogens is 361 g/mol. The zero-order valence-corrected chi connectivity index (χ0v) is 19.2. The summed E-state index contributed by atoms with van der Waals surface area (Å²) in [5, 5.41) is 0. The van der Waals surface area contributed by atoms with Crippen molar-refractivity contribution in [1.29, 1.82) is 0 Å². The predicted molar refractivity (Wildman–Crippen MR) is 111 cm³/mol. The molecule has 0 bridgehead atoms. The van der Waals surface area contributed by atoms with Gasteiger partial charge in [0, 0.05) is 5.54 Å². The Kier molecular flexibility index (Phi) is 5.46. The lowest BCUT2D eigenvalue weighted by Crippen LogP contribution is -2.42. The second-order valence-corrected chi connectivity index (χ2v) is 12.1. The van der Waals surface area contributed by atoms with Crippen LogP contribution in [0, 0.1) is 0 Å². The Labute approximate surface area is 165 Å². The Bertz CT molecular complexity index is 801. The lowest BCUT2D eigenvalue weighted by molar-refractivity contribution is 0.00578. The molecule has 1 heterocycles. The summed E-state index contributed by atoms with van der Waals surface area (Å²) < 4.78 is 41.0. The molecule has 7 heteroatoms. The molecule has 1 aromatic rings. The summed E-state index contributed by atoms with van der Waals surface area (Å²) in [5.41, 5.74) is -0.240. The SMILES string of the molecule is CC(C)(C)NS(=O)(=O)c1ccc(B2OC(C)(C)C(C)(C)O2)cc1C(C)(C)C. The second kappa shape index (κ2) is 6.58. The predicted octanol–water partition coefficient (Wildman–Crippen LogP) is 3.36. The van der Waals surface area contributed by atoms with Gasteiger partial charge in [-0.15, -0.1) is 0 Å². The summed E-state index contributed by atoms with van der Waals surface area (Å²) in [7, 11) is -4.17. The van der Waals surface area contributed by atoms with E-state index in [4.69, 9.17) is 9.31 Å². The summed E-state index contributed by atoms with van der Waals surface area (Å²) in [4.78, 5) is 0.296. The van der Waals surface area contributed by atoms with Gasteiger partial charge in [0.1, 0.15) is 0 Å². The average molecular weight is 395 g/mol. The number of benzene rings is 1. The maximum absolute atomic E-state index is 13.0. The molecule has 27 heavy (non-hydrogen) atoms. The van der Waals surface area contributed by atoms with Gasteiger partial charge in [-0.3, -0.25) is 0 Å². The van der Waals surface area contributed by atoms with Crippen molar-refractivity contribution in [2.45, 2.75) is 96.3 Å². The Morgan fingerprint density at radius 2 is 1.41 bits per heavy atom. The van der Waals surface area contributed by atoms with E-state index in [1.807, 2.05) is 75.3 Å². The summed E-state index contributed by atoms with van der Waals surface area (Å²) in [6.07, 6.45) is 0. The Balaban J connectivity index is 2.53. The van der Waals surface area contributed by atoms with Crippen LogP contribution in [0.4, 0.5) is 0 Å². The first-order chi connectivity index (χ1) is 11.9. The van der Waals surface area contributed by atoms with E-state index in [2.05, 4.69) is 4.72 Å². The van der Waals surface area contributed by atoms with Gasteiger partial charge in [0.2, 0.25) is 10.0 Å². The summed E-state index contributed by atoms with van der Waals surface area (Å²) in [6, 6.07) is 5.35. The van der Waals surface area contributed by atoms with Crippen LogP contribution in [0.25, 0.3) is 0 Å². The minimum atomic E-state index is -3.65. The van der Waals surface area contributed by atoms with Crippen LogP contribution < -0.4 is 10.2 Å². The molecule has 1 aromatic carbocycles. The van der Waals surface area contributed by atoms with Gasteiger partial charge in [0.15, 0.2) is 0 Å². The van der Waals surface area contributed by atoms with E-state index in [-0.39, 0.29) is 5.41 Å². The molecule has 1 N–H and O–H groups in total. The summed E-state index contributed by atoms with van der Waals surface area (Å²) in [5.74, 6) is 0. The molecule has 1 aliphatic rings. The van der Waals surface area contributed by atoms with E-state index in [1.54, 1.807) is 12.1 Å². The number of sulfonamides is 1. The molecular formula is C20H34BNO4S. The van der Waals surface area contributed by atoms with Gasteiger partial charge in [-0.25, -0.2) is 13.1 Å². The quantitative estimate of drug-likeness (QED) is 0.798. The fourth-order valence-corrected chi connectivity index (χ4v) is 4.77. The normalized spacial score (nSPS) is 20.1. The van der Waals surface area contributed by atoms with Crippen molar-refractivity contribution >= 4 is 22.6 Å². The van der Waals surface area contributed by atoms with E-state index in [0.717, 1.165) is 11.0 Å². The van der Waals surface area contributed by atoms with Crippen molar-refractivity contribution in [1.82, 2.24) is 4.72 Å². The number of hydrogen-bond acceptors (Lipinski definition) is 4. The topological polar surface area (TPSA) is 64.6 Å². The number of hydrogen-bond donors (Lipinski definition) is 1. The van der Waals surface area contributed by atoms with E-state index in [0.29, 0.717) is 4.90 Å². The molecule has 5 nitrogen and oxygen atoms in total. The highest BCUT2D eigenvalue weighted by Crippen LogP contribution is 2.37. The largest absolute Gasteiger partial charge is 0.494 e. The first kappa shape index (κ1) is 22.4. The minimum Gasteiger partial charge on any atom is -0.399 e. The first-order valence-corrected chi connectivity index (χ1v) is 10.9. The molecule has 0 unspecified atom stereocenters. The Morgan fingerprint density at radius 3 is 1.81 bits per heavy atom. The zero-order chi connectivity index (χ0) is 21.1. The van der Waals surface area contributed by atoms with Crippen LogP contribution in [0.2, 0.25) is 0 Å². The van der Waals surface area contributed by atoms with E-state index >= 15 is 0 Å². The van der Waals surface area contributed by atoms with Crippen LogP contribution in [0.5, 0.6) is 0 Å². The first-order valence-electron chi connectivity index (χ1n) is 9.40. The molecule has 0 amide bonds. The summed E-state index contributed by atoms with van der Waals surface area (Å²) in [6.45, 7) is 19.5. The third kappa shape index (κ3) is 4.76. The van der Waals surface area contributed by atoms with Gasteiger partial charge in [-0.1, -0.05) is 32.9 Å². The van der Waals surface area contributed by atoms with Crippen molar-refractivity contribution in [2.75, 3.05) is 0 Å². The lowest BCUT2D eigenvalue weighted by Gasteiger charge is -2.32. The lowest BCUT2D eigenvalue weighted by atomic mass is 9.75. The van der Waals surface area contributed by atoms with Gasteiger partial charge in [-0.2, -0.15) is 0 Å². The highest BCUT2D eigenvalue weighted by Gasteiger charge is 2.52. The average Bonchev–Trinajstić information content (AvgIpc) is 2.63. The maximum atomic E-state index is 13.0.